The van der Waals surface area contributed by atoms with Gasteiger partial charge in [0.2, 0.25) is 0 Å². The third kappa shape index (κ3) is 2.76. The average Bonchev–Trinajstić information content (AvgIpc) is 2.48. The van der Waals surface area contributed by atoms with Crippen LogP contribution in [0.1, 0.15) is 47.3 Å². The van der Waals surface area contributed by atoms with Gasteiger partial charge in [-0.2, -0.15) is 0 Å². The van der Waals surface area contributed by atoms with Gasteiger partial charge >= 0.3 is 0 Å². The molecule has 2 unspecified atom stereocenters. The van der Waals surface area contributed by atoms with Gasteiger partial charge in [0.25, 0.3) is 6.43 Å². The van der Waals surface area contributed by atoms with E-state index in [0.29, 0.717) is 12.2 Å². The number of ether oxygens (including phenoxy) is 1. The third-order valence-electron chi connectivity index (χ3n) is 3.79. The van der Waals surface area contributed by atoms with Crippen LogP contribution < -0.4 is 4.74 Å². The zero-order valence-corrected chi connectivity index (χ0v) is 11.6. The van der Waals surface area contributed by atoms with Gasteiger partial charge in [-0.3, -0.25) is 0 Å². The van der Waals surface area contributed by atoms with Crippen molar-refractivity contribution in [1.29, 1.82) is 0 Å². The highest BCUT2D eigenvalue weighted by Crippen LogP contribution is 2.41. The maximum Gasteiger partial charge on any atom is 0.263 e. The van der Waals surface area contributed by atoms with Crippen LogP contribution in [-0.2, 0) is 0 Å². The molecule has 0 fully saturated rings. The molecule has 3 rings (SSSR count). The molecule has 0 bridgehead atoms. The molecule has 1 heterocycles. The zero-order chi connectivity index (χ0) is 15.0. The molecule has 0 amide bonds. The Morgan fingerprint density at radius 1 is 1.14 bits per heavy atom. The molecule has 0 spiro atoms. The summed E-state index contributed by atoms with van der Waals surface area (Å²) in [5.41, 5.74) is 2.64. The Balaban J connectivity index is 1.86. The van der Waals surface area contributed by atoms with E-state index in [1.165, 1.54) is 12.1 Å². The minimum atomic E-state index is -2.47. The van der Waals surface area contributed by atoms with E-state index in [9.17, 15) is 13.9 Å². The number of hydrogen-bond acceptors (Lipinski definition) is 2. The van der Waals surface area contributed by atoms with Gasteiger partial charge in [0, 0.05) is 17.5 Å². The average molecular weight is 290 g/mol. The zero-order valence-electron chi connectivity index (χ0n) is 11.6. The first kappa shape index (κ1) is 14.0. The smallest absolute Gasteiger partial charge is 0.263 e. The fraction of sp³-hybridized carbons (Fsp3) is 0.294. The first-order valence-corrected chi connectivity index (χ1v) is 6.88. The lowest BCUT2D eigenvalue weighted by atomic mass is 9.93. The van der Waals surface area contributed by atoms with Crippen molar-refractivity contribution in [3.63, 3.8) is 0 Å². The van der Waals surface area contributed by atoms with Gasteiger partial charge < -0.3 is 9.84 Å². The summed E-state index contributed by atoms with van der Waals surface area (Å²) in [6.45, 7) is 1.96. The number of aliphatic hydroxyl groups excluding tert-OH is 1. The Bertz CT molecular complexity index is 638. The Kier molecular flexibility index (Phi) is 3.64. The summed E-state index contributed by atoms with van der Waals surface area (Å²) >= 11 is 0. The van der Waals surface area contributed by atoms with Gasteiger partial charge in [-0.25, -0.2) is 8.78 Å². The summed E-state index contributed by atoms with van der Waals surface area (Å²) in [4.78, 5) is 0. The molecule has 110 valence electrons. The molecule has 1 aliphatic rings. The quantitative estimate of drug-likeness (QED) is 0.883. The minimum Gasteiger partial charge on any atom is -0.485 e. The van der Waals surface area contributed by atoms with Crippen LogP contribution in [0.4, 0.5) is 8.78 Å². The molecule has 1 aliphatic heterocycles. The highest BCUT2D eigenvalue weighted by Gasteiger charge is 2.28. The van der Waals surface area contributed by atoms with Gasteiger partial charge in [0.1, 0.15) is 11.9 Å². The van der Waals surface area contributed by atoms with Crippen LogP contribution in [-0.4, -0.2) is 5.11 Å². The molecule has 0 saturated heterocycles. The van der Waals surface area contributed by atoms with Gasteiger partial charge in [0.15, 0.2) is 0 Å². The first-order valence-electron chi connectivity index (χ1n) is 6.88. The monoisotopic (exact) mass is 290 g/mol. The van der Waals surface area contributed by atoms with E-state index in [1.54, 1.807) is 12.1 Å². The van der Waals surface area contributed by atoms with E-state index in [0.717, 1.165) is 16.7 Å². The van der Waals surface area contributed by atoms with Crippen LogP contribution in [0.3, 0.4) is 0 Å². The van der Waals surface area contributed by atoms with E-state index in [-0.39, 0.29) is 11.7 Å². The molecule has 0 radical (unpaired) electrons. The number of benzene rings is 2. The number of rotatable bonds is 2. The van der Waals surface area contributed by atoms with Gasteiger partial charge in [-0.15, -0.1) is 0 Å². The van der Waals surface area contributed by atoms with E-state index in [1.807, 2.05) is 25.1 Å². The second-order valence-electron chi connectivity index (χ2n) is 5.37. The molecule has 0 saturated carbocycles. The summed E-state index contributed by atoms with van der Waals surface area (Å²) in [5.74, 6) is 0.655. The lowest BCUT2D eigenvalue weighted by Gasteiger charge is -2.30. The van der Waals surface area contributed by atoms with Crippen molar-refractivity contribution in [3.8, 4) is 5.75 Å². The number of hydrogen-bond donors (Lipinski definition) is 1. The van der Waals surface area contributed by atoms with Crippen LogP contribution in [0.5, 0.6) is 5.75 Å². The largest absolute Gasteiger partial charge is 0.485 e. The van der Waals surface area contributed by atoms with Crippen LogP contribution >= 0.6 is 0 Å². The molecular formula is C17H16F2O2. The highest BCUT2D eigenvalue weighted by molar-refractivity contribution is 5.41. The van der Waals surface area contributed by atoms with E-state index in [4.69, 9.17) is 4.74 Å². The predicted molar refractivity (Wildman–Crippen MR) is 75.5 cm³/mol. The molecule has 2 aromatic rings. The number of fused-ring (bicyclic) bond motifs is 1. The maximum absolute atomic E-state index is 12.6. The van der Waals surface area contributed by atoms with Crippen LogP contribution in [0, 0.1) is 6.92 Å². The minimum absolute atomic E-state index is 0.00821. The lowest BCUT2D eigenvalue weighted by molar-refractivity contribution is 0.0656. The summed E-state index contributed by atoms with van der Waals surface area (Å²) in [7, 11) is 0. The van der Waals surface area contributed by atoms with E-state index < -0.39 is 12.5 Å². The topological polar surface area (TPSA) is 29.5 Å². The van der Waals surface area contributed by atoms with Crippen LogP contribution in [0.25, 0.3) is 0 Å². The molecular weight excluding hydrogens is 274 g/mol. The standard InChI is InChI=1S/C17H16F2O2/c1-10-2-7-15-13(8-10)14(20)9-16(21-15)11-3-5-12(6-4-11)17(18)19/h2-8,14,16-17,20H,9H2,1H3. The first-order chi connectivity index (χ1) is 10.0. The van der Waals surface area contributed by atoms with Crippen molar-refractivity contribution < 1.29 is 18.6 Å². The Labute approximate surface area is 122 Å². The molecule has 2 aromatic carbocycles. The number of aliphatic hydroxyl groups is 1. The maximum atomic E-state index is 12.6. The Morgan fingerprint density at radius 3 is 2.52 bits per heavy atom. The molecule has 21 heavy (non-hydrogen) atoms. The van der Waals surface area contributed by atoms with Crippen molar-refractivity contribution in [2.45, 2.75) is 32.0 Å². The van der Waals surface area contributed by atoms with Gasteiger partial charge in [-0.05, 0) is 24.6 Å². The molecule has 2 nitrogen and oxygen atoms in total. The second-order valence-corrected chi connectivity index (χ2v) is 5.37. The van der Waals surface area contributed by atoms with Crippen LogP contribution in [0.2, 0.25) is 0 Å². The number of aryl methyl sites for hydroxylation is 1. The fourth-order valence-electron chi connectivity index (χ4n) is 2.63. The summed E-state index contributed by atoms with van der Waals surface area (Å²) < 4.78 is 31.0. The van der Waals surface area contributed by atoms with Crippen molar-refractivity contribution >= 4 is 0 Å². The molecule has 4 heteroatoms. The van der Waals surface area contributed by atoms with Crippen molar-refractivity contribution in [1.82, 2.24) is 0 Å². The Hall–Kier alpha value is -1.94. The molecule has 0 aromatic heterocycles. The highest BCUT2D eigenvalue weighted by atomic mass is 19.3. The van der Waals surface area contributed by atoms with E-state index in [2.05, 4.69) is 0 Å². The predicted octanol–water partition coefficient (Wildman–Crippen LogP) is 4.49. The molecule has 0 aliphatic carbocycles. The molecule has 1 N–H and O–H groups in total. The number of alkyl halides is 2. The SMILES string of the molecule is Cc1ccc2c(c1)C(O)CC(c1ccc(C(F)F)cc1)O2. The van der Waals surface area contributed by atoms with Crippen LogP contribution in [0.15, 0.2) is 42.5 Å². The number of halogens is 2. The summed E-state index contributed by atoms with van der Waals surface area (Å²) in [6.07, 6.45) is -2.97. The fourth-order valence-corrected chi connectivity index (χ4v) is 2.63. The van der Waals surface area contributed by atoms with Gasteiger partial charge in [0.05, 0.1) is 6.10 Å². The van der Waals surface area contributed by atoms with Crippen molar-refractivity contribution in [3.05, 3.63) is 64.7 Å². The van der Waals surface area contributed by atoms with Crippen molar-refractivity contribution in [2.24, 2.45) is 0 Å². The third-order valence-corrected chi connectivity index (χ3v) is 3.79. The summed E-state index contributed by atoms with van der Waals surface area (Å²) in [6, 6.07) is 11.8. The van der Waals surface area contributed by atoms with E-state index >= 15 is 0 Å². The Morgan fingerprint density at radius 2 is 1.86 bits per heavy atom. The van der Waals surface area contributed by atoms with Gasteiger partial charge in [-0.1, -0.05) is 35.9 Å². The summed E-state index contributed by atoms with van der Waals surface area (Å²) in [5, 5.41) is 10.3. The second kappa shape index (κ2) is 5.45. The molecule has 2 atom stereocenters. The normalized spacial score (nSPS) is 21.0. The van der Waals surface area contributed by atoms with Crippen molar-refractivity contribution in [2.75, 3.05) is 0 Å². The lowest BCUT2D eigenvalue weighted by Crippen LogP contribution is -2.19.